The molecule has 0 spiro atoms. The lowest BCUT2D eigenvalue weighted by Crippen LogP contribution is -2.13. The van der Waals surface area contributed by atoms with Gasteiger partial charge in [0.05, 0.1) is 22.8 Å². The van der Waals surface area contributed by atoms with Gasteiger partial charge in [-0.25, -0.2) is 18.5 Å². The van der Waals surface area contributed by atoms with Crippen LogP contribution in [0.4, 0.5) is 5.69 Å². The van der Waals surface area contributed by atoms with Crippen molar-refractivity contribution in [2.45, 2.75) is 25.2 Å². The number of hydrogen-bond donors (Lipinski definition) is 2. The zero-order valence-corrected chi connectivity index (χ0v) is 18.5. The number of primary sulfonamides is 1. The van der Waals surface area contributed by atoms with Crippen LogP contribution in [0.5, 0.6) is 5.75 Å². The SMILES string of the molecule is CCCOc1ccc(-c2nc(C)c(C(=O)Nc3ccc(S(N)(=O)=O)cc3)s2)cc1C#N. The summed E-state index contributed by atoms with van der Waals surface area (Å²) in [4.78, 5) is 17.5. The highest BCUT2D eigenvalue weighted by Gasteiger charge is 2.18. The second-order valence-electron chi connectivity index (χ2n) is 6.63. The molecule has 1 aromatic heterocycles. The Hall–Kier alpha value is -3.26. The summed E-state index contributed by atoms with van der Waals surface area (Å²) in [6.45, 7) is 4.23. The maximum atomic E-state index is 12.7. The van der Waals surface area contributed by atoms with Crippen molar-refractivity contribution in [3.05, 3.63) is 58.6 Å². The molecular formula is C21H20N4O4S2. The number of carbonyl (C=O) groups excluding carboxylic acids is 1. The fourth-order valence-electron chi connectivity index (χ4n) is 2.73. The standard InChI is InChI=1S/C21H20N4O4S2/c1-3-10-29-18-9-4-14(11-15(18)12-22)21-24-13(2)19(30-21)20(26)25-16-5-7-17(8-6-16)31(23,27)28/h4-9,11H,3,10H2,1-2H3,(H,25,26)(H2,23,27,28). The van der Waals surface area contributed by atoms with Crippen LogP contribution >= 0.6 is 11.3 Å². The Kier molecular flexibility index (Phi) is 6.70. The van der Waals surface area contributed by atoms with E-state index in [2.05, 4.69) is 16.4 Å². The molecule has 0 unspecified atom stereocenters. The molecule has 0 bridgehead atoms. The predicted molar refractivity (Wildman–Crippen MR) is 119 cm³/mol. The van der Waals surface area contributed by atoms with Crippen molar-refractivity contribution >= 4 is 33.0 Å². The first-order valence-electron chi connectivity index (χ1n) is 9.32. The van der Waals surface area contributed by atoms with Crippen LogP contribution in [0.2, 0.25) is 0 Å². The summed E-state index contributed by atoms with van der Waals surface area (Å²) in [5, 5.41) is 17.8. The van der Waals surface area contributed by atoms with E-state index in [-0.39, 0.29) is 10.8 Å². The molecule has 8 nitrogen and oxygen atoms in total. The third kappa shape index (κ3) is 5.27. The highest BCUT2D eigenvalue weighted by molar-refractivity contribution is 7.89. The summed E-state index contributed by atoms with van der Waals surface area (Å²) in [7, 11) is -3.80. The Morgan fingerprint density at radius 2 is 1.97 bits per heavy atom. The molecular weight excluding hydrogens is 436 g/mol. The van der Waals surface area contributed by atoms with Crippen molar-refractivity contribution < 1.29 is 17.9 Å². The molecule has 2 aromatic carbocycles. The Labute approximate surface area is 184 Å². The molecule has 31 heavy (non-hydrogen) atoms. The van der Waals surface area contributed by atoms with E-state index >= 15 is 0 Å². The topological polar surface area (TPSA) is 135 Å². The van der Waals surface area contributed by atoms with Gasteiger partial charge in [-0.1, -0.05) is 6.92 Å². The molecule has 10 heteroatoms. The summed E-state index contributed by atoms with van der Waals surface area (Å²) in [5.74, 6) is 0.148. The first-order chi connectivity index (χ1) is 14.7. The van der Waals surface area contributed by atoms with Gasteiger partial charge < -0.3 is 10.1 Å². The fraction of sp³-hybridized carbons (Fsp3) is 0.190. The number of nitrogens with one attached hydrogen (secondary N) is 1. The molecule has 1 heterocycles. The Balaban J connectivity index is 1.82. The lowest BCUT2D eigenvalue weighted by Gasteiger charge is -2.07. The van der Waals surface area contributed by atoms with Crippen LogP contribution in [0.15, 0.2) is 47.4 Å². The maximum Gasteiger partial charge on any atom is 0.267 e. The Morgan fingerprint density at radius 3 is 2.58 bits per heavy atom. The number of nitriles is 1. The van der Waals surface area contributed by atoms with Gasteiger partial charge in [0.2, 0.25) is 10.0 Å². The second-order valence-corrected chi connectivity index (χ2v) is 9.19. The molecule has 0 aliphatic heterocycles. The van der Waals surface area contributed by atoms with E-state index in [1.54, 1.807) is 25.1 Å². The van der Waals surface area contributed by atoms with Crippen molar-refractivity contribution in [3.8, 4) is 22.4 Å². The number of nitrogens with zero attached hydrogens (tertiary/aromatic N) is 2. The van der Waals surface area contributed by atoms with Crippen molar-refractivity contribution in [1.82, 2.24) is 4.98 Å². The Bertz CT molecular complexity index is 1260. The molecule has 0 saturated carbocycles. The molecule has 0 fully saturated rings. The van der Waals surface area contributed by atoms with Gasteiger partial charge >= 0.3 is 0 Å². The van der Waals surface area contributed by atoms with Crippen LogP contribution in [0.3, 0.4) is 0 Å². The number of benzene rings is 2. The number of carbonyl (C=O) groups is 1. The zero-order chi connectivity index (χ0) is 22.6. The minimum atomic E-state index is -3.80. The molecule has 0 radical (unpaired) electrons. The van der Waals surface area contributed by atoms with Crippen molar-refractivity contribution in [2.24, 2.45) is 5.14 Å². The normalized spacial score (nSPS) is 11.0. The van der Waals surface area contributed by atoms with E-state index in [9.17, 15) is 18.5 Å². The number of anilines is 1. The monoisotopic (exact) mass is 456 g/mol. The molecule has 3 aromatic rings. The largest absolute Gasteiger partial charge is 0.492 e. The van der Waals surface area contributed by atoms with Gasteiger partial charge in [-0.3, -0.25) is 4.79 Å². The minimum Gasteiger partial charge on any atom is -0.492 e. The molecule has 0 saturated heterocycles. The second kappa shape index (κ2) is 9.26. The number of aryl methyl sites for hydroxylation is 1. The number of amides is 1. The van der Waals surface area contributed by atoms with Crippen LogP contribution in [-0.2, 0) is 10.0 Å². The molecule has 0 aliphatic carbocycles. The van der Waals surface area contributed by atoms with Crippen LogP contribution in [0, 0.1) is 18.3 Å². The highest BCUT2D eigenvalue weighted by Crippen LogP contribution is 2.31. The average Bonchev–Trinajstić information content (AvgIpc) is 3.13. The third-order valence-corrected chi connectivity index (χ3v) is 6.39. The smallest absolute Gasteiger partial charge is 0.267 e. The number of hydrogen-bond acceptors (Lipinski definition) is 7. The van der Waals surface area contributed by atoms with Gasteiger partial charge in [0.25, 0.3) is 5.91 Å². The summed E-state index contributed by atoms with van der Waals surface area (Å²) in [6, 6.07) is 12.9. The molecule has 3 rings (SSSR count). The lowest BCUT2D eigenvalue weighted by atomic mass is 10.1. The molecule has 1 amide bonds. The van der Waals surface area contributed by atoms with Gasteiger partial charge in [0.1, 0.15) is 21.7 Å². The van der Waals surface area contributed by atoms with Crippen LogP contribution in [0.1, 0.15) is 34.3 Å². The van der Waals surface area contributed by atoms with E-state index in [4.69, 9.17) is 9.88 Å². The summed E-state index contributed by atoms with van der Waals surface area (Å²) in [6.07, 6.45) is 0.835. The number of nitrogens with two attached hydrogens (primary N) is 1. The first-order valence-corrected chi connectivity index (χ1v) is 11.7. The van der Waals surface area contributed by atoms with E-state index in [1.807, 2.05) is 6.92 Å². The summed E-state index contributed by atoms with van der Waals surface area (Å²) >= 11 is 1.20. The highest BCUT2D eigenvalue weighted by atomic mass is 32.2. The number of ether oxygens (including phenoxy) is 1. The van der Waals surface area contributed by atoms with Crippen LogP contribution in [0.25, 0.3) is 10.6 Å². The Morgan fingerprint density at radius 1 is 1.26 bits per heavy atom. The van der Waals surface area contributed by atoms with E-state index in [1.165, 1.54) is 35.6 Å². The summed E-state index contributed by atoms with van der Waals surface area (Å²) < 4.78 is 28.3. The quantitative estimate of drug-likeness (QED) is 0.557. The van der Waals surface area contributed by atoms with Gasteiger partial charge in [-0.05, 0) is 55.8 Å². The van der Waals surface area contributed by atoms with Gasteiger partial charge in [0.15, 0.2) is 0 Å². The van der Waals surface area contributed by atoms with Gasteiger partial charge in [-0.15, -0.1) is 11.3 Å². The van der Waals surface area contributed by atoms with Gasteiger partial charge in [-0.2, -0.15) is 5.26 Å². The van der Waals surface area contributed by atoms with Crippen LogP contribution < -0.4 is 15.2 Å². The number of rotatable bonds is 7. The number of sulfonamides is 1. The number of thiazole rings is 1. The van der Waals surface area contributed by atoms with E-state index in [0.29, 0.717) is 44.7 Å². The fourth-order valence-corrected chi connectivity index (χ4v) is 4.21. The molecule has 160 valence electrons. The zero-order valence-electron chi connectivity index (χ0n) is 16.9. The average molecular weight is 457 g/mol. The first kappa shape index (κ1) is 22.4. The molecule has 3 N–H and O–H groups in total. The van der Waals surface area contributed by atoms with Crippen molar-refractivity contribution in [2.75, 3.05) is 11.9 Å². The van der Waals surface area contributed by atoms with Crippen molar-refractivity contribution in [1.29, 1.82) is 5.26 Å². The third-order valence-electron chi connectivity index (χ3n) is 4.25. The molecule has 0 atom stereocenters. The minimum absolute atomic E-state index is 0.0404. The molecule has 0 aliphatic rings. The predicted octanol–water partition coefficient (Wildman–Crippen LogP) is 3.68. The summed E-state index contributed by atoms with van der Waals surface area (Å²) in [5.41, 5.74) is 2.09. The lowest BCUT2D eigenvalue weighted by molar-refractivity contribution is 0.103. The van der Waals surface area contributed by atoms with E-state index < -0.39 is 10.0 Å². The maximum absolute atomic E-state index is 12.7. The van der Waals surface area contributed by atoms with Crippen LogP contribution in [-0.4, -0.2) is 25.9 Å². The number of aromatic nitrogens is 1. The van der Waals surface area contributed by atoms with E-state index in [0.717, 1.165) is 6.42 Å². The van der Waals surface area contributed by atoms with Crippen molar-refractivity contribution in [3.63, 3.8) is 0 Å². The van der Waals surface area contributed by atoms with Gasteiger partial charge in [0, 0.05) is 11.3 Å².